The Morgan fingerprint density at radius 2 is 1.88 bits per heavy atom. The van der Waals surface area contributed by atoms with E-state index in [2.05, 4.69) is 5.32 Å². The third-order valence-corrected chi connectivity index (χ3v) is 1.80. The number of nitrogens with one attached hydrogen (secondary N) is 1. The number of hydrogen-bond acceptors (Lipinski definition) is 3. The highest BCUT2D eigenvalue weighted by Gasteiger charge is 2.13. The molecular weight excluding hydrogens is 206 g/mol. The van der Waals surface area contributed by atoms with Gasteiger partial charge in [0.2, 0.25) is 5.91 Å². The number of rotatable bonds is 3. The zero-order valence-electron chi connectivity index (χ0n) is 9.61. The van der Waals surface area contributed by atoms with Crippen LogP contribution in [0.1, 0.15) is 31.1 Å². The first-order chi connectivity index (χ1) is 7.50. The lowest BCUT2D eigenvalue weighted by Crippen LogP contribution is -2.15. The maximum Gasteiger partial charge on any atom is 0.340 e. The lowest BCUT2D eigenvalue weighted by Gasteiger charge is -2.11. The Balaban J connectivity index is 2.94. The predicted molar refractivity (Wildman–Crippen MR) is 61.3 cm³/mol. The van der Waals surface area contributed by atoms with E-state index in [0.717, 1.165) is 0 Å². The van der Waals surface area contributed by atoms with E-state index in [1.54, 1.807) is 38.1 Å². The maximum atomic E-state index is 11.7. The maximum absolute atomic E-state index is 11.7. The lowest BCUT2D eigenvalue weighted by atomic mass is 10.2. The summed E-state index contributed by atoms with van der Waals surface area (Å²) in [6.45, 7) is 4.95. The minimum Gasteiger partial charge on any atom is -0.459 e. The van der Waals surface area contributed by atoms with Crippen LogP contribution in [-0.4, -0.2) is 18.0 Å². The number of para-hydroxylation sites is 1. The minimum absolute atomic E-state index is 0.183. The van der Waals surface area contributed by atoms with Crippen molar-refractivity contribution in [3.05, 3.63) is 29.8 Å². The summed E-state index contributed by atoms with van der Waals surface area (Å²) in [5, 5.41) is 2.59. The molecule has 1 aromatic carbocycles. The predicted octanol–water partition coefficient (Wildman–Crippen LogP) is 2.21. The largest absolute Gasteiger partial charge is 0.459 e. The number of esters is 1. The molecule has 4 nitrogen and oxygen atoms in total. The second-order valence-electron chi connectivity index (χ2n) is 3.68. The van der Waals surface area contributed by atoms with Crippen molar-refractivity contribution in [2.24, 2.45) is 0 Å². The second kappa shape index (κ2) is 5.30. The summed E-state index contributed by atoms with van der Waals surface area (Å²) in [7, 11) is 0. The van der Waals surface area contributed by atoms with Crippen LogP contribution in [0.25, 0.3) is 0 Å². The van der Waals surface area contributed by atoms with Crippen LogP contribution in [-0.2, 0) is 9.53 Å². The fourth-order valence-corrected chi connectivity index (χ4v) is 1.24. The van der Waals surface area contributed by atoms with Gasteiger partial charge in [0.25, 0.3) is 0 Å². The van der Waals surface area contributed by atoms with Crippen molar-refractivity contribution < 1.29 is 14.3 Å². The Morgan fingerprint density at radius 1 is 1.25 bits per heavy atom. The van der Waals surface area contributed by atoms with E-state index in [1.165, 1.54) is 6.92 Å². The van der Waals surface area contributed by atoms with Gasteiger partial charge in [-0.2, -0.15) is 0 Å². The van der Waals surface area contributed by atoms with Gasteiger partial charge in [-0.05, 0) is 26.0 Å². The van der Waals surface area contributed by atoms with Crippen LogP contribution in [0.4, 0.5) is 5.69 Å². The van der Waals surface area contributed by atoms with Gasteiger partial charge in [-0.25, -0.2) is 4.79 Å². The van der Waals surface area contributed by atoms with Gasteiger partial charge in [-0.15, -0.1) is 0 Å². The van der Waals surface area contributed by atoms with Crippen LogP contribution >= 0.6 is 0 Å². The summed E-state index contributed by atoms with van der Waals surface area (Å²) in [5.41, 5.74) is 0.840. The second-order valence-corrected chi connectivity index (χ2v) is 3.68. The van der Waals surface area contributed by atoms with E-state index < -0.39 is 5.97 Å². The van der Waals surface area contributed by atoms with Gasteiger partial charge in [0.1, 0.15) is 0 Å². The van der Waals surface area contributed by atoms with Gasteiger partial charge in [-0.3, -0.25) is 4.79 Å². The van der Waals surface area contributed by atoms with Gasteiger partial charge in [0, 0.05) is 6.92 Å². The average molecular weight is 221 g/mol. The number of carbonyl (C=O) groups is 2. The van der Waals surface area contributed by atoms with Crippen LogP contribution in [0.2, 0.25) is 0 Å². The van der Waals surface area contributed by atoms with Crippen LogP contribution in [0.15, 0.2) is 24.3 Å². The highest BCUT2D eigenvalue weighted by molar-refractivity contribution is 6.00. The summed E-state index contributed by atoms with van der Waals surface area (Å²) < 4.78 is 5.07. The molecule has 86 valence electrons. The highest BCUT2D eigenvalue weighted by Crippen LogP contribution is 2.16. The van der Waals surface area contributed by atoms with Crippen molar-refractivity contribution >= 4 is 17.6 Å². The Labute approximate surface area is 94.6 Å². The van der Waals surface area contributed by atoms with Crippen molar-refractivity contribution in [2.45, 2.75) is 26.9 Å². The molecule has 0 aliphatic carbocycles. The van der Waals surface area contributed by atoms with Crippen LogP contribution in [0.3, 0.4) is 0 Å². The molecule has 0 fully saturated rings. The highest BCUT2D eigenvalue weighted by atomic mass is 16.5. The molecule has 0 heterocycles. The third-order valence-electron chi connectivity index (χ3n) is 1.80. The molecule has 0 bridgehead atoms. The van der Waals surface area contributed by atoms with E-state index in [9.17, 15) is 9.59 Å². The van der Waals surface area contributed by atoms with Gasteiger partial charge in [-0.1, -0.05) is 12.1 Å². The molecule has 0 radical (unpaired) electrons. The van der Waals surface area contributed by atoms with E-state index in [1.807, 2.05) is 0 Å². The fourth-order valence-electron chi connectivity index (χ4n) is 1.24. The van der Waals surface area contributed by atoms with Gasteiger partial charge >= 0.3 is 5.97 Å². The molecule has 1 amide bonds. The molecule has 0 unspecified atom stereocenters. The van der Waals surface area contributed by atoms with Gasteiger partial charge in [0.05, 0.1) is 17.4 Å². The number of benzene rings is 1. The molecule has 0 saturated carbocycles. The molecular formula is C12H15NO3. The van der Waals surface area contributed by atoms with Gasteiger partial charge in [0.15, 0.2) is 0 Å². The molecule has 0 spiro atoms. The Morgan fingerprint density at radius 3 is 2.44 bits per heavy atom. The van der Waals surface area contributed by atoms with Gasteiger partial charge < -0.3 is 10.1 Å². The lowest BCUT2D eigenvalue weighted by molar-refractivity contribution is -0.114. The van der Waals surface area contributed by atoms with Crippen molar-refractivity contribution in [2.75, 3.05) is 5.32 Å². The summed E-state index contributed by atoms with van der Waals surface area (Å²) in [6, 6.07) is 6.76. The fraction of sp³-hybridized carbons (Fsp3) is 0.333. The van der Waals surface area contributed by atoms with E-state index in [-0.39, 0.29) is 12.0 Å². The van der Waals surface area contributed by atoms with Crippen LogP contribution < -0.4 is 5.32 Å². The normalized spacial score (nSPS) is 10.0. The zero-order chi connectivity index (χ0) is 12.1. The van der Waals surface area contributed by atoms with Crippen LogP contribution in [0.5, 0.6) is 0 Å². The number of amides is 1. The smallest absolute Gasteiger partial charge is 0.340 e. The molecule has 1 aromatic rings. The molecule has 16 heavy (non-hydrogen) atoms. The third kappa shape index (κ3) is 3.38. The summed E-state index contributed by atoms with van der Waals surface area (Å²) in [4.78, 5) is 22.6. The van der Waals surface area contributed by atoms with Crippen molar-refractivity contribution in [3.63, 3.8) is 0 Å². The monoisotopic (exact) mass is 221 g/mol. The average Bonchev–Trinajstić information content (AvgIpc) is 2.16. The molecule has 4 heteroatoms. The molecule has 0 saturated heterocycles. The summed E-state index contributed by atoms with van der Waals surface area (Å²) >= 11 is 0. The van der Waals surface area contributed by atoms with E-state index >= 15 is 0 Å². The number of ether oxygens (including phenoxy) is 1. The summed E-state index contributed by atoms with van der Waals surface area (Å²) in [6.07, 6.45) is -0.183. The minimum atomic E-state index is -0.431. The Bertz CT molecular complexity index is 399. The van der Waals surface area contributed by atoms with Crippen molar-refractivity contribution in [1.82, 2.24) is 0 Å². The van der Waals surface area contributed by atoms with E-state index in [4.69, 9.17) is 4.74 Å². The zero-order valence-corrected chi connectivity index (χ0v) is 9.61. The number of hydrogen-bond donors (Lipinski definition) is 1. The first kappa shape index (κ1) is 12.2. The first-order valence-electron chi connectivity index (χ1n) is 5.08. The number of anilines is 1. The van der Waals surface area contributed by atoms with Crippen LogP contribution in [0, 0.1) is 0 Å². The standard InChI is InChI=1S/C12H15NO3/c1-8(2)16-12(15)10-6-4-5-7-11(10)13-9(3)14/h4-8H,1-3H3,(H,13,14). The van der Waals surface area contributed by atoms with E-state index in [0.29, 0.717) is 11.3 Å². The molecule has 1 rings (SSSR count). The molecule has 0 aliphatic heterocycles. The summed E-state index contributed by atoms with van der Waals surface area (Å²) in [5.74, 6) is -0.649. The topological polar surface area (TPSA) is 55.4 Å². The molecule has 1 N–H and O–H groups in total. The molecule has 0 atom stereocenters. The van der Waals surface area contributed by atoms with Crippen molar-refractivity contribution in [1.29, 1.82) is 0 Å². The first-order valence-corrected chi connectivity index (χ1v) is 5.08. The Hall–Kier alpha value is -1.84. The molecule has 0 aliphatic rings. The van der Waals surface area contributed by atoms with Crippen molar-refractivity contribution in [3.8, 4) is 0 Å². The Kier molecular flexibility index (Phi) is 4.05. The number of carbonyl (C=O) groups excluding carboxylic acids is 2. The quantitative estimate of drug-likeness (QED) is 0.796. The SMILES string of the molecule is CC(=O)Nc1ccccc1C(=O)OC(C)C. The molecule has 0 aromatic heterocycles.